The summed E-state index contributed by atoms with van der Waals surface area (Å²) in [6.45, 7) is 12.2. The normalized spacial score (nSPS) is 22.9. The van der Waals surface area contributed by atoms with E-state index in [2.05, 4.69) is 0 Å². The van der Waals surface area contributed by atoms with E-state index < -0.39 is 16.6 Å². The molecular formula is C19H29NO3S. The van der Waals surface area contributed by atoms with Crippen LogP contribution < -0.4 is 0 Å². The molecule has 1 aromatic carbocycles. The molecular weight excluding hydrogens is 322 g/mol. The van der Waals surface area contributed by atoms with E-state index in [0.29, 0.717) is 13.0 Å². The average Bonchev–Trinajstić information content (AvgIpc) is 2.75. The van der Waals surface area contributed by atoms with Crippen LogP contribution in [-0.2, 0) is 9.48 Å². The van der Waals surface area contributed by atoms with Crippen molar-refractivity contribution in [2.75, 3.05) is 6.61 Å². The molecule has 1 saturated heterocycles. The molecule has 1 fully saturated rings. The minimum Gasteiger partial charge on any atom is -0.391 e. The van der Waals surface area contributed by atoms with E-state index in [-0.39, 0.29) is 10.8 Å². The van der Waals surface area contributed by atoms with E-state index in [4.69, 9.17) is 4.74 Å². The van der Waals surface area contributed by atoms with Gasteiger partial charge in [-0.15, -0.1) is 0 Å². The van der Waals surface area contributed by atoms with Gasteiger partial charge in [0.15, 0.2) is 0 Å². The lowest BCUT2D eigenvalue weighted by molar-refractivity contribution is -0.0299. The third-order valence-corrected chi connectivity index (χ3v) is 6.06. The van der Waals surface area contributed by atoms with Gasteiger partial charge in [0.25, 0.3) is 5.24 Å². The summed E-state index contributed by atoms with van der Waals surface area (Å²) in [4.78, 5) is 15.0. The van der Waals surface area contributed by atoms with Gasteiger partial charge in [0, 0.05) is 0 Å². The van der Waals surface area contributed by atoms with Crippen molar-refractivity contribution in [2.45, 2.75) is 70.1 Å². The highest BCUT2D eigenvalue weighted by atomic mass is 32.2. The van der Waals surface area contributed by atoms with Gasteiger partial charge in [-0.3, -0.25) is 9.69 Å². The number of amides is 1. The first kappa shape index (κ1) is 19.3. The van der Waals surface area contributed by atoms with Crippen molar-refractivity contribution >= 4 is 17.0 Å². The Morgan fingerprint density at radius 3 is 2.38 bits per heavy atom. The fraction of sp³-hybridized carbons (Fsp3) is 0.632. The van der Waals surface area contributed by atoms with Crippen LogP contribution in [0.25, 0.3) is 0 Å². The van der Waals surface area contributed by atoms with E-state index in [1.54, 1.807) is 4.90 Å². The lowest BCUT2D eigenvalue weighted by atomic mass is 9.93. The quantitative estimate of drug-likeness (QED) is 0.875. The topological polar surface area (TPSA) is 49.8 Å². The molecule has 0 spiro atoms. The second kappa shape index (κ2) is 6.70. The number of carbonyl (C=O) groups is 1. The third kappa shape index (κ3) is 3.48. The van der Waals surface area contributed by atoms with Gasteiger partial charge in [0.05, 0.1) is 23.0 Å². The van der Waals surface area contributed by atoms with Crippen LogP contribution in [0.1, 0.15) is 53.5 Å². The average molecular weight is 352 g/mol. The van der Waals surface area contributed by atoms with Crippen LogP contribution >= 0.6 is 11.8 Å². The number of benzene rings is 1. The Morgan fingerprint density at radius 1 is 1.33 bits per heavy atom. The molecule has 1 N–H and O–H groups in total. The number of nitrogens with zero attached hydrogens (tertiary/aromatic N) is 1. The van der Waals surface area contributed by atoms with Crippen LogP contribution in [-0.4, -0.2) is 39.2 Å². The Kier molecular flexibility index (Phi) is 5.38. The van der Waals surface area contributed by atoms with Crippen molar-refractivity contribution in [1.82, 2.24) is 4.90 Å². The Morgan fingerprint density at radius 2 is 1.92 bits per heavy atom. The largest absolute Gasteiger partial charge is 0.391 e. The van der Waals surface area contributed by atoms with Crippen molar-refractivity contribution in [3.8, 4) is 0 Å². The Hall–Kier alpha value is -1.04. The number of hydrogen-bond donors (Lipinski definition) is 1. The van der Waals surface area contributed by atoms with Gasteiger partial charge in [0.2, 0.25) is 0 Å². The Balaban J connectivity index is 2.35. The Bertz CT molecular complexity index is 572. The second-order valence-corrected chi connectivity index (χ2v) is 9.05. The third-order valence-electron chi connectivity index (χ3n) is 4.77. The minimum absolute atomic E-state index is 0.0682. The van der Waals surface area contributed by atoms with Gasteiger partial charge in [-0.25, -0.2) is 0 Å². The van der Waals surface area contributed by atoms with Crippen LogP contribution in [0.15, 0.2) is 30.3 Å². The number of thioether (sulfide) groups is 1. The van der Waals surface area contributed by atoms with Gasteiger partial charge < -0.3 is 9.84 Å². The number of aliphatic hydroxyl groups excluding tert-OH is 1. The van der Waals surface area contributed by atoms with Crippen molar-refractivity contribution in [2.24, 2.45) is 0 Å². The molecule has 1 aromatic rings. The SMILES string of the molecule is CC[C@@H](O)[C@](C)(SC(=O)N1C(C)(C)COC1(C)C)c1ccccc1. The molecule has 1 aliphatic heterocycles. The lowest BCUT2D eigenvalue weighted by Crippen LogP contribution is -2.52. The molecule has 0 bridgehead atoms. The molecule has 2 rings (SSSR count). The molecule has 0 radical (unpaired) electrons. The first-order valence-corrected chi connectivity index (χ1v) is 9.27. The molecule has 1 aliphatic rings. The minimum atomic E-state index is -0.707. The number of hydrogen-bond acceptors (Lipinski definition) is 4. The standard InChI is InChI=1S/C19H29NO3S/c1-7-15(21)19(6,14-11-9-8-10-12-14)24-16(22)20-17(2,3)13-23-18(20,4)5/h8-12,15,21H,7,13H2,1-6H3/t15-,19-/m1/s1. The summed E-state index contributed by atoms with van der Waals surface area (Å²) in [5.74, 6) is 0. The summed E-state index contributed by atoms with van der Waals surface area (Å²) in [5, 5.41) is 10.6. The highest BCUT2D eigenvalue weighted by Crippen LogP contribution is 2.45. The summed E-state index contributed by atoms with van der Waals surface area (Å²) in [6, 6.07) is 9.75. The smallest absolute Gasteiger partial charge is 0.285 e. The molecule has 1 heterocycles. The van der Waals surface area contributed by atoms with Gasteiger partial charge >= 0.3 is 0 Å². The molecule has 0 unspecified atom stereocenters. The van der Waals surface area contributed by atoms with Crippen LogP contribution in [0.2, 0.25) is 0 Å². The summed E-state index contributed by atoms with van der Waals surface area (Å²) in [7, 11) is 0. The van der Waals surface area contributed by atoms with Gasteiger partial charge in [0.1, 0.15) is 5.72 Å². The van der Waals surface area contributed by atoms with Gasteiger partial charge in [-0.2, -0.15) is 0 Å². The zero-order chi connectivity index (χ0) is 18.2. The van der Waals surface area contributed by atoms with Crippen molar-refractivity contribution in [3.05, 3.63) is 35.9 Å². The van der Waals surface area contributed by atoms with Gasteiger partial charge in [-0.1, -0.05) is 49.0 Å². The highest BCUT2D eigenvalue weighted by Gasteiger charge is 2.51. The maximum atomic E-state index is 13.2. The van der Waals surface area contributed by atoms with E-state index in [0.717, 1.165) is 5.56 Å². The maximum absolute atomic E-state index is 13.2. The monoisotopic (exact) mass is 351 g/mol. The lowest BCUT2D eigenvalue weighted by Gasteiger charge is -2.41. The number of rotatable bonds is 4. The summed E-state index contributed by atoms with van der Waals surface area (Å²) in [6.07, 6.45) is -0.0433. The molecule has 2 atom stereocenters. The Labute approximate surface area is 149 Å². The van der Waals surface area contributed by atoms with Crippen LogP contribution in [0, 0.1) is 0 Å². The van der Waals surface area contributed by atoms with Crippen LogP contribution in [0.5, 0.6) is 0 Å². The predicted octanol–water partition coefficient (Wildman–Crippen LogP) is 4.37. The molecule has 1 amide bonds. The number of aliphatic hydroxyl groups is 1. The molecule has 24 heavy (non-hydrogen) atoms. The van der Waals surface area contributed by atoms with E-state index in [9.17, 15) is 9.90 Å². The predicted molar refractivity (Wildman–Crippen MR) is 99.0 cm³/mol. The molecule has 4 nitrogen and oxygen atoms in total. The number of ether oxygens (including phenoxy) is 1. The van der Waals surface area contributed by atoms with Crippen LogP contribution in [0.4, 0.5) is 4.79 Å². The van der Waals surface area contributed by atoms with Crippen LogP contribution in [0.3, 0.4) is 0 Å². The zero-order valence-corrected chi connectivity index (χ0v) is 16.3. The van der Waals surface area contributed by atoms with E-state index in [1.165, 1.54) is 11.8 Å². The van der Waals surface area contributed by atoms with E-state index >= 15 is 0 Å². The van der Waals surface area contributed by atoms with Crippen molar-refractivity contribution in [1.29, 1.82) is 0 Å². The fourth-order valence-electron chi connectivity index (χ4n) is 3.38. The zero-order valence-electron chi connectivity index (χ0n) is 15.5. The summed E-state index contributed by atoms with van der Waals surface area (Å²) >= 11 is 1.19. The van der Waals surface area contributed by atoms with E-state index in [1.807, 2.05) is 71.9 Å². The molecule has 0 aromatic heterocycles. The first-order chi connectivity index (χ1) is 11.0. The van der Waals surface area contributed by atoms with Crippen molar-refractivity contribution in [3.63, 3.8) is 0 Å². The molecule has 0 aliphatic carbocycles. The molecule has 134 valence electrons. The fourth-order valence-corrected chi connectivity index (χ4v) is 4.86. The summed E-state index contributed by atoms with van der Waals surface area (Å²) < 4.78 is 5.12. The first-order valence-electron chi connectivity index (χ1n) is 8.45. The maximum Gasteiger partial charge on any atom is 0.285 e. The number of carbonyl (C=O) groups excluding carboxylic acids is 1. The molecule has 5 heteroatoms. The summed E-state index contributed by atoms with van der Waals surface area (Å²) in [5.41, 5.74) is -0.0709. The molecule has 0 saturated carbocycles. The second-order valence-electron chi connectivity index (χ2n) is 7.65. The van der Waals surface area contributed by atoms with Crippen molar-refractivity contribution < 1.29 is 14.6 Å². The highest BCUT2D eigenvalue weighted by molar-refractivity contribution is 8.14. The van der Waals surface area contributed by atoms with Gasteiger partial charge in [-0.05, 0) is 46.6 Å².